The van der Waals surface area contributed by atoms with E-state index in [2.05, 4.69) is 0 Å². The summed E-state index contributed by atoms with van der Waals surface area (Å²) in [5.74, 6) is 0. The van der Waals surface area contributed by atoms with Crippen LogP contribution in [0.15, 0.2) is 29.6 Å². The Morgan fingerprint density at radius 3 is 2.47 bits per heavy atom. The van der Waals surface area contributed by atoms with E-state index in [1.165, 1.54) is 11.3 Å². The molecule has 1 aromatic heterocycles. The summed E-state index contributed by atoms with van der Waals surface area (Å²) >= 11 is 13.5. The van der Waals surface area contributed by atoms with E-state index >= 15 is 0 Å². The topological polar surface area (TPSA) is 17.1 Å². The molecule has 0 atom stereocenters. The summed E-state index contributed by atoms with van der Waals surface area (Å²) in [6.07, 6.45) is 0.769. The van der Waals surface area contributed by atoms with Gasteiger partial charge in [-0.3, -0.25) is 4.79 Å². The fraction of sp³-hybridized carbons (Fsp3) is 0. The average molecular weight is 257 g/mol. The second kappa shape index (κ2) is 4.35. The zero-order valence-electron chi connectivity index (χ0n) is 7.54. The Kier molecular flexibility index (Phi) is 3.10. The van der Waals surface area contributed by atoms with Gasteiger partial charge in [-0.15, -0.1) is 11.3 Å². The Balaban J connectivity index is 2.55. The predicted molar refractivity (Wildman–Crippen MR) is 65.2 cm³/mol. The van der Waals surface area contributed by atoms with Gasteiger partial charge in [0.15, 0.2) is 0 Å². The van der Waals surface area contributed by atoms with Gasteiger partial charge in [-0.05, 0) is 17.5 Å². The number of thiophene rings is 1. The molecule has 2 rings (SSSR count). The van der Waals surface area contributed by atoms with Gasteiger partial charge in [0.2, 0.25) is 0 Å². The molecule has 0 bridgehead atoms. The number of hydrogen-bond donors (Lipinski definition) is 0. The summed E-state index contributed by atoms with van der Waals surface area (Å²) in [4.78, 5) is 10.5. The maximum atomic E-state index is 10.5. The van der Waals surface area contributed by atoms with Gasteiger partial charge < -0.3 is 0 Å². The van der Waals surface area contributed by atoms with Crippen LogP contribution in [0.5, 0.6) is 0 Å². The first-order valence-corrected chi connectivity index (χ1v) is 5.84. The van der Waals surface area contributed by atoms with E-state index in [1.807, 2.05) is 11.4 Å². The van der Waals surface area contributed by atoms with Crippen molar-refractivity contribution in [2.45, 2.75) is 0 Å². The molecule has 0 spiro atoms. The fourth-order valence-electron chi connectivity index (χ4n) is 1.31. The van der Waals surface area contributed by atoms with Crippen molar-refractivity contribution in [2.75, 3.05) is 0 Å². The van der Waals surface area contributed by atoms with Crippen LogP contribution in [-0.4, -0.2) is 6.29 Å². The molecule has 0 unspecified atom stereocenters. The minimum atomic E-state index is 0.542. The van der Waals surface area contributed by atoms with Crippen molar-refractivity contribution in [1.82, 2.24) is 0 Å². The van der Waals surface area contributed by atoms with Crippen molar-refractivity contribution in [1.29, 1.82) is 0 Å². The summed E-state index contributed by atoms with van der Waals surface area (Å²) in [5, 5.41) is 2.45. The standard InChI is InChI=1S/C11H6Cl2OS/c12-10-5-7(6-14)1-2-8(10)9-3-4-15-11(9)13/h1-6H. The zero-order chi connectivity index (χ0) is 10.8. The molecule has 0 fully saturated rings. The molecule has 0 N–H and O–H groups in total. The largest absolute Gasteiger partial charge is 0.298 e. The van der Waals surface area contributed by atoms with Gasteiger partial charge in [-0.1, -0.05) is 35.3 Å². The number of carbonyl (C=O) groups is 1. The summed E-state index contributed by atoms with van der Waals surface area (Å²) in [6, 6.07) is 7.08. The van der Waals surface area contributed by atoms with Crippen LogP contribution in [0.1, 0.15) is 10.4 Å². The third-order valence-electron chi connectivity index (χ3n) is 2.04. The van der Waals surface area contributed by atoms with Crippen LogP contribution >= 0.6 is 34.5 Å². The van der Waals surface area contributed by atoms with Gasteiger partial charge in [-0.25, -0.2) is 0 Å². The van der Waals surface area contributed by atoms with Crippen molar-refractivity contribution in [3.05, 3.63) is 44.6 Å². The highest BCUT2D eigenvalue weighted by Crippen LogP contribution is 2.36. The SMILES string of the molecule is O=Cc1ccc(-c2ccsc2Cl)c(Cl)c1. The lowest BCUT2D eigenvalue weighted by molar-refractivity contribution is 0.112. The quantitative estimate of drug-likeness (QED) is 0.722. The van der Waals surface area contributed by atoms with Gasteiger partial charge in [0.1, 0.15) is 10.6 Å². The van der Waals surface area contributed by atoms with Crippen LogP contribution in [0.3, 0.4) is 0 Å². The molecule has 0 amide bonds. The molecular formula is C11H6Cl2OS. The molecule has 2 aromatic rings. The van der Waals surface area contributed by atoms with Gasteiger partial charge in [0, 0.05) is 21.7 Å². The molecule has 4 heteroatoms. The second-order valence-electron chi connectivity index (χ2n) is 2.97. The lowest BCUT2D eigenvalue weighted by atomic mass is 10.1. The number of rotatable bonds is 2. The fourth-order valence-corrected chi connectivity index (χ4v) is 2.55. The van der Waals surface area contributed by atoms with E-state index in [1.54, 1.807) is 18.2 Å². The van der Waals surface area contributed by atoms with E-state index < -0.39 is 0 Å². The maximum Gasteiger partial charge on any atom is 0.150 e. The monoisotopic (exact) mass is 256 g/mol. The Morgan fingerprint density at radius 2 is 1.93 bits per heavy atom. The Bertz CT molecular complexity index is 505. The van der Waals surface area contributed by atoms with E-state index in [0.29, 0.717) is 14.9 Å². The molecule has 0 aliphatic heterocycles. The molecule has 15 heavy (non-hydrogen) atoms. The highest BCUT2D eigenvalue weighted by molar-refractivity contribution is 7.15. The smallest absolute Gasteiger partial charge is 0.150 e. The summed E-state index contributed by atoms with van der Waals surface area (Å²) in [7, 11) is 0. The average Bonchev–Trinajstić information content (AvgIpc) is 2.64. The molecule has 1 nitrogen and oxygen atoms in total. The van der Waals surface area contributed by atoms with Crippen molar-refractivity contribution in [3.63, 3.8) is 0 Å². The number of aldehydes is 1. The first-order chi connectivity index (χ1) is 7.22. The van der Waals surface area contributed by atoms with Crippen LogP contribution < -0.4 is 0 Å². The lowest BCUT2D eigenvalue weighted by Crippen LogP contribution is -1.82. The molecule has 0 radical (unpaired) electrons. The highest BCUT2D eigenvalue weighted by atomic mass is 35.5. The minimum Gasteiger partial charge on any atom is -0.298 e. The van der Waals surface area contributed by atoms with E-state index in [-0.39, 0.29) is 0 Å². The third-order valence-corrected chi connectivity index (χ3v) is 3.52. The first-order valence-electron chi connectivity index (χ1n) is 4.20. The summed E-state index contributed by atoms with van der Waals surface area (Å²) in [5.41, 5.74) is 2.33. The highest BCUT2D eigenvalue weighted by Gasteiger charge is 2.08. The zero-order valence-corrected chi connectivity index (χ0v) is 9.86. The van der Waals surface area contributed by atoms with Gasteiger partial charge in [0.05, 0.1) is 0 Å². The number of halogens is 2. The molecule has 0 saturated carbocycles. The summed E-state index contributed by atoms with van der Waals surface area (Å²) < 4.78 is 0.704. The van der Waals surface area contributed by atoms with Crippen LogP contribution in [0.4, 0.5) is 0 Å². The van der Waals surface area contributed by atoms with Crippen LogP contribution in [0.2, 0.25) is 9.36 Å². The second-order valence-corrected chi connectivity index (χ2v) is 4.89. The summed E-state index contributed by atoms with van der Waals surface area (Å²) in [6.45, 7) is 0. The van der Waals surface area contributed by atoms with E-state index in [4.69, 9.17) is 23.2 Å². The molecule has 76 valence electrons. The minimum absolute atomic E-state index is 0.542. The predicted octanol–water partition coefficient (Wildman–Crippen LogP) is 4.53. The van der Waals surface area contributed by atoms with E-state index in [9.17, 15) is 4.79 Å². The number of hydrogen-bond acceptors (Lipinski definition) is 2. The van der Waals surface area contributed by atoms with Crippen LogP contribution in [-0.2, 0) is 0 Å². The number of benzene rings is 1. The van der Waals surface area contributed by atoms with Crippen molar-refractivity contribution < 1.29 is 4.79 Å². The normalized spacial score (nSPS) is 10.3. The third kappa shape index (κ3) is 2.07. The Morgan fingerprint density at radius 1 is 1.13 bits per heavy atom. The molecular weight excluding hydrogens is 251 g/mol. The lowest BCUT2D eigenvalue weighted by Gasteiger charge is -2.03. The molecule has 0 saturated heterocycles. The van der Waals surface area contributed by atoms with Crippen LogP contribution in [0, 0.1) is 0 Å². The molecule has 1 aromatic carbocycles. The van der Waals surface area contributed by atoms with Crippen molar-refractivity contribution in [3.8, 4) is 11.1 Å². The Labute approximate surface area is 101 Å². The first kappa shape index (κ1) is 10.7. The van der Waals surface area contributed by atoms with Gasteiger partial charge in [-0.2, -0.15) is 0 Å². The maximum absolute atomic E-state index is 10.5. The molecule has 0 aliphatic rings. The molecule has 0 aliphatic carbocycles. The number of carbonyl (C=O) groups excluding carboxylic acids is 1. The van der Waals surface area contributed by atoms with E-state index in [0.717, 1.165) is 17.4 Å². The molecule has 1 heterocycles. The Hall–Kier alpha value is -0.830. The van der Waals surface area contributed by atoms with Crippen molar-refractivity contribution >= 4 is 40.8 Å². The van der Waals surface area contributed by atoms with Gasteiger partial charge >= 0.3 is 0 Å². The van der Waals surface area contributed by atoms with Gasteiger partial charge in [0.25, 0.3) is 0 Å². The van der Waals surface area contributed by atoms with Crippen molar-refractivity contribution in [2.24, 2.45) is 0 Å². The van der Waals surface area contributed by atoms with Crippen LogP contribution in [0.25, 0.3) is 11.1 Å².